The van der Waals surface area contributed by atoms with Crippen LogP contribution in [0.2, 0.25) is 0 Å². The molecule has 0 fully saturated rings. The molecular formula is C21H20N2O2. The van der Waals surface area contributed by atoms with Crippen LogP contribution in [-0.2, 0) is 23.2 Å². The Morgan fingerprint density at radius 2 is 2.04 bits per heavy atom. The number of carbonyl (C=O) groups is 1. The highest BCUT2D eigenvalue weighted by atomic mass is 16.5. The SMILES string of the molecule is COc1ccc2[nH]c3c(c2c1)CCN1C(=O)Cc2ccccc2C31C. The van der Waals surface area contributed by atoms with Crippen molar-refractivity contribution in [2.75, 3.05) is 13.7 Å². The molecule has 1 amide bonds. The van der Waals surface area contributed by atoms with E-state index in [-0.39, 0.29) is 5.91 Å². The van der Waals surface area contributed by atoms with Crippen LogP contribution in [0.25, 0.3) is 10.9 Å². The fourth-order valence-electron chi connectivity index (χ4n) is 4.67. The Balaban J connectivity index is 1.82. The average Bonchev–Trinajstić information content (AvgIpc) is 3.01. The second-order valence-electron chi connectivity index (χ2n) is 7.09. The molecule has 1 aromatic heterocycles. The number of H-pyrrole nitrogens is 1. The van der Waals surface area contributed by atoms with Crippen molar-refractivity contribution >= 4 is 16.8 Å². The van der Waals surface area contributed by atoms with E-state index in [1.807, 2.05) is 17.0 Å². The first-order valence-electron chi connectivity index (χ1n) is 8.71. The molecule has 1 N–H and O–H groups in total. The highest BCUT2D eigenvalue weighted by molar-refractivity contribution is 5.90. The summed E-state index contributed by atoms with van der Waals surface area (Å²) in [4.78, 5) is 18.5. The maximum absolute atomic E-state index is 12.8. The number of methoxy groups -OCH3 is 1. The summed E-state index contributed by atoms with van der Waals surface area (Å²) in [7, 11) is 1.69. The van der Waals surface area contributed by atoms with Crippen molar-refractivity contribution in [3.05, 3.63) is 64.8 Å². The molecule has 0 radical (unpaired) electrons. The Labute approximate surface area is 146 Å². The molecule has 4 nitrogen and oxygen atoms in total. The third-order valence-corrected chi connectivity index (χ3v) is 5.91. The predicted molar refractivity (Wildman–Crippen MR) is 96.9 cm³/mol. The molecule has 0 spiro atoms. The van der Waals surface area contributed by atoms with Crippen LogP contribution in [0.1, 0.15) is 29.3 Å². The zero-order chi connectivity index (χ0) is 17.2. The maximum Gasteiger partial charge on any atom is 0.228 e. The second kappa shape index (κ2) is 4.88. The van der Waals surface area contributed by atoms with Gasteiger partial charge in [-0.1, -0.05) is 24.3 Å². The van der Waals surface area contributed by atoms with Gasteiger partial charge in [0.25, 0.3) is 0 Å². The number of carbonyl (C=O) groups excluding carboxylic acids is 1. The second-order valence-corrected chi connectivity index (χ2v) is 7.09. The topological polar surface area (TPSA) is 45.3 Å². The van der Waals surface area contributed by atoms with Gasteiger partial charge < -0.3 is 14.6 Å². The number of fused-ring (bicyclic) bond motifs is 7. The van der Waals surface area contributed by atoms with E-state index in [1.54, 1.807) is 7.11 Å². The largest absolute Gasteiger partial charge is 0.497 e. The average molecular weight is 332 g/mol. The van der Waals surface area contributed by atoms with Crippen molar-refractivity contribution in [3.8, 4) is 5.75 Å². The number of nitrogens with one attached hydrogen (secondary N) is 1. The third-order valence-electron chi connectivity index (χ3n) is 5.91. The Morgan fingerprint density at radius 3 is 2.88 bits per heavy atom. The summed E-state index contributed by atoms with van der Waals surface area (Å²) in [5.41, 5.74) is 5.47. The van der Waals surface area contributed by atoms with Crippen molar-refractivity contribution in [1.29, 1.82) is 0 Å². The molecule has 25 heavy (non-hydrogen) atoms. The van der Waals surface area contributed by atoms with Gasteiger partial charge in [0.15, 0.2) is 0 Å². The van der Waals surface area contributed by atoms with Crippen LogP contribution in [0, 0.1) is 0 Å². The number of hydrogen-bond acceptors (Lipinski definition) is 2. The first kappa shape index (κ1) is 14.6. The first-order chi connectivity index (χ1) is 12.1. The van der Waals surface area contributed by atoms with Crippen LogP contribution >= 0.6 is 0 Å². The molecule has 0 aliphatic carbocycles. The maximum atomic E-state index is 12.8. The molecule has 5 rings (SSSR count). The lowest BCUT2D eigenvalue weighted by atomic mass is 9.75. The van der Waals surface area contributed by atoms with Gasteiger partial charge in [-0.05, 0) is 48.2 Å². The van der Waals surface area contributed by atoms with Crippen molar-refractivity contribution < 1.29 is 9.53 Å². The molecule has 2 aromatic carbocycles. The Kier molecular flexibility index (Phi) is 2.85. The molecular weight excluding hydrogens is 312 g/mol. The van der Waals surface area contributed by atoms with Crippen LogP contribution in [0.4, 0.5) is 0 Å². The van der Waals surface area contributed by atoms with Gasteiger partial charge in [-0.15, -0.1) is 0 Å². The summed E-state index contributed by atoms with van der Waals surface area (Å²) in [5.74, 6) is 1.07. The quantitative estimate of drug-likeness (QED) is 0.742. The van der Waals surface area contributed by atoms with E-state index < -0.39 is 5.54 Å². The van der Waals surface area contributed by atoms with Gasteiger partial charge in [0.2, 0.25) is 5.91 Å². The number of hydrogen-bond donors (Lipinski definition) is 1. The smallest absolute Gasteiger partial charge is 0.228 e. The van der Waals surface area contributed by atoms with Gasteiger partial charge in [0.1, 0.15) is 11.3 Å². The highest BCUT2D eigenvalue weighted by Gasteiger charge is 2.48. The molecule has 0 bridgehead atoms. The minimum atomic E-state index is -0.439. The number of ether oxygens (including phenoxy) is 1. The Bertz CT molecular complexity index is 1020. The molecule has 0 saturated heterocycles. The molecule has 0 saturated carbocycles. The van der Waals surface area contributed by atoms with E-state index >= 15 is 0 Å². The monoisotopic (exact) mass is 332 g/mol. The minimum absolute atomic E-state index is 0.211. The number of amides is 1. The van der Waals surface area contributed by atoms with E-state index in [9.17, 15) is 4.79 Å². The first-order valence-corrected chi connectivity index (χ1v) is 8.71. The minimum Gasteiger partial charge on any atom is -0.497 e. The molecule has 4 heteroatoms. The summed E-state index contributed by atoms with van der Waals surface area (Å²) >= 11 is 0. The van der Waals surface area contributed by atoms with Gasteiger partial charge in [-0.3, -0.25) is 4.79 Å². The molecule has 126 valence electrons. The fraction of sp³-hybridized carbons (Fsp3) is 0.286. The zero-order valence-electron chi connectivity index (χ0n) is 14.4. The molecule has 2 aliphatic rings. The lowest BCUT2D eigenvalue weighted by molar-refractivity contribution is -0.137. The summed E-state index contributed by atoms with van der Waals surface area (Å²) in [6, 6.07) is 14.5. The van der Waals surface area contributed by atoms with E-state index in [2.05, 4.69) is 42.2 Å². The predicted octanol–water partition coefficient (Wildman–Crippen LogP) is 3.38. The third kappa shape index (κ3) is 1.79. The lowest BCUT2D eigenvalue weighted by Crippen LogP contribution is -2.55. The van der Waals surface area contributed by atoms with Crippen LogP contribution in [0.3, 0.4) is 0 Å². The van der Waals surface area contributed by atoms with Crippen molar-refractivity contribution in [2.45, 2.75) is 25.3 Å². The molecule has 3 heterocycles. The molecule has 3 aromatic rings. The number of aromatic amines is 1. The van der Waals surface area contributed by atoms with Crippen LogP contribution in [-0.4, -0.2) is 29.4 Å². The van der Waals surface area contributed by atoms with Gasteiger partial charge >= 0.3 is 0 Å². The van der Waals surface area contributed by atoms with Gasteiger partial charge in [-0.2, -0.15) is 0 Å². The van der Waals surface area contributed by atoms with E-state index in [1.165, 1.54) is 16.5 Å². The molecule has 1 atom stereocenters. The normalized spacial score (nSPS) is 21.7. The number of benzene rings is 2. The lowest BCUT2D eigenvalue weighted by Gasteiger charge is -2.48. The molecule has 2 aliphatic heterocycles. The van der Waals surface area contributed by atoms with E-state index in [0.29, 0.717) is 6.42 Å². The standard InChI is InChI=1S/C21H20N2O2/c1-21-17-6-4-3-5-13(17)11-19(24)23(21)10-9-15-16-12-14(25-2)7-8-18(16)22-20(15)21/h3-8,12,22H,9-11H2,1-2H3. The van der Waals surface area contributed by atoms with Crippen LogP contribution in [0.5, 0.6) is 5.75 Å². The highest BCUT2D eigenvalue weighted by Crippen LogP contribution is 2.46. The van der Waals surface area contributed by atoms with Crippen molar-refractivity contribution in [2.24, 2.45) is 0 Å². The Morgan fingerprint density at radius 1 is 1.20 bits per heavy atom. The number of rotatable bonds is 1. The van der Waals surface area contributed by atoms with Crippen LogP contribution < -0.4 is 4.74 Å². The summed E-state index contributed by atoms with van der Waals surface area (Å²) < 4.78 is 5.41. The van der Waals surface area contributed by atoms with Gasteiger partial charge in [0, 0.05) is 23.1 Å². The van der Waals surface area contributed by atoms with Crippen molar-refractivity contribution in [3.63, 3.8) is 0 Å². The van der Waals surface area contributed by atoms with E-state index in [0.717, 1.165) is 35.5 Å². The number of nitrogens with zero attached hydrogens (tertiary/aromatic N) is 1. The molecule has 1 unspecified atom stereocenters. The van der Waals surface area contributed by atoms with Gasteiger partial charge in [0.05, 0.1) is 13.5 Å². The summed E-state index contributed by atoms with van der Waals surface area (Å²) in [6.45, 7) is 2.92. The van der Waals surface area contributed by atoms with Crippen LogP contribution in [0.15, 0.2) is 42.5 Å². The Hall–Kier alpha value is -2.75. The summed E-state index contributed by atoms with van der Waals surface area (Å²) in [6.07, 6.45) is 1.36. The summed E-state index contributed by atoms with van der Waals surface area (Å²) in [5, 5.41) is 1.20. The van der Waals surface area contributed by atoms with Gasteiger partial charge in [-0.25, -0.2) is 0 Å². The van der Waals surface area contributed by atoms with E-state index in [4.69, 9.17) is 4.74 Å². The number of aromatic nitrogens is 1. The zero-order valence-corrected chi connectivity index (χ0v) is 14.4. The van der Waals surface area contributed by atoms with Crippen molar-refractivity contribution in [1.82, 2.24) is 9.88 Å². The fourth-order valence-corrected chi connectivity index (χ4v) is 4.67.